The fourth-order valence-electron chi connectivity index (χ4n) is 1.86. The van der Waals surface area contributed by atoms with Crippen LogP contribution in [0, 0.1) is 6.92 Å². The minimum Gasteiger partial charge on any atom is -0.383 e. The van der Waals surface area contributed by atoms with Gasteiger partial charge in [-0.2, -0.15) is 0 Å². The van der Waals surface area contributed by atoms with Crippen molar-refractivity contribution in [2.45, 2.75) is 20.0 Å². The van der Waals surface area contributed by atoms with Crippen molar-refractivity contribution in [1.29, 1.82) is 0 Å². The number of fused-ring (bicyclic) bond motifs is 1. The number of nitrogens with two attached hydrogens (primary N) is 1. The quantitative estimate of drug-likeness (QED) is 0.800. The molecule has 3 heterocycles. The zero-order valence-electron chi connectivity index (χ0n) is 10.1. The van der Waals surface area contributed by atoms with Crippen molar-refractivity contribution in [3.8, 4) is 11.6 Å². The van der Waals surface area contributed by atoms with Gasteiger partial charge in [0, 0.05) is 24.4 Å². The first kappa shape index (κ1) is 11.0. The van der Waals surface area contributed by atoms with Crippen molar-refractivity contribution < 1.29 is 4.74 Å². The summed E-state index contributed by atoms with van der Waals surface area (Å²) in [5.41, 5.74) is 8.75. The number of rotatable bonds is 1. The van der Waals surface area contributed by atoms with Crippen LogP contribution in [0.4, 0.5) is 5.82 Å². The second kappa shape index (κ2) is 4.30. The van der Waals surface area contributed by atoms with Gasteiger partial charge in [0.05, 0.1) is 18.9 Å². The lowest BCUT2D eigenvalue weighted by molar-refractivity contribution is 0.109. The minimum absolute atomic E-state index is 0.457. The van der Waals surface area contributed by atoms with Crippen molar-refractivity contribution in [3.05, 3.63) is 29.2 Å². The lowest BCUT2D eigenvalue weighted by Gasteiger charge is -2.17. The fraction of sp³-hybridized carbons (Fsp3) is 0.333. The molecule has 0 aromatic carbocycles. The first-order valence-corrected chi connectivity index (χ1v) is 5.76. The maximum absolute atomic E-state index is 5.92. The first-order valence-electron chi connectivity index (χ1n) is 5.76. The van der Waals surface area contributed by atoms with Gasteiger partial charge < -0.3 is 10.5 Å². The van der Waals surface area contributed by atoms with Crippen LogP contribution in [0.15, 0.2) is 12.4 Å². The Hall–Kier alpha value is -2.08. The predicted octanol–water partition coefficient (Wildman–Crippen LogP) is 0.897. The smallest absolute Gasteiger partial charge is 0.199 e. The fourth-order valence-corrected chi connectivity index (χ4v) is 1.86. The molecule has 2 N–H and O–H groups in total. The molecule has 0 fully saturated rings. The average Bonchev–Trinajstić information content (AvgIpc) is 2.39. The van der Waals surface area contributed by atoms with Crippen molar-refractivity contribution in [2.75, 3.05) is 12.3 Å². The number of aryl methyl sites for hydroxylation is 1. The highest BCUT2D eigenvalue weighted by atomic mass is 16.5. The molecule has 6 heteroatoms. The molecular formula is C12H13N5O. The van der Waals surface area contributed by atoms with Gasteiger partial charge in [0.15, 0.2) is 11.6 Å². The molecule has 3 rings (SSSR count). The van der Waals surface area contributed by atoms with Crippen LogP contribution in [-0.4, -0.2) is 26.5 Å². The molecule has 0 saturated carbocycles. The van der Waals surface area contributed by atoms with E-state index < -0.39 is 0 Å². The van der Waals surface area contributed by atoms with Crippen molar-refractivity contribution >= 4 is 5.82 Å². The van der Waals surface area contributed by atoms with E-state index in [0.29, 0.717) is 30.7 Å². The van der Waals surface area contributed by atoms with E-state index in [0.717, 1.165) is 23.2 Å². The lowest BCUT2D eigenvalue weighted by atomic mass is 10.1. The lowest BCUT2D eigenvalue weighted by Crippen LogP contribution is -2.16. The topological polar surface area (TPSA) is 86.8 Å². The Balaban J connectivity index is 2.08. The van der Waals surface area contributed by atoms with Crippen LogP contribution in [0.2, 0.25) is 0 Å². The molecule has 2 aromatic heterocycles. The van der Waals surface area contributed by atoms with Gasteiger partial charge in [-0.3, -0.25) is 0 Å². The second-order valence-electron chi connectivity index (χ2n) is 4.24. The van der Waals surface area contributed by atoms with Crippen LogP contribution in [-0.2, 0) is 17.8 Å². The predicted molar refractivity (Wildman–Crippen MR) is 65.6 cm³/mol. The molecule has 18 heavy (non-hydrogen) atoms. The number of hydrogen-bond donors (Lipinski definition) is 1. The van der Waals surface area contributed by atoms with Gasteiger partial charge in [-0.25, -0.2) is 19.9 Å². The molecule has 0 bridgehead atoms. The second-order valence-corrected chi connectivity index (χ2v) is 4.24. The summed E-state index contributed by atoms with van der Waals surface area (Å²) in [6.07, 6.45) is 4.23. The van der Waals surface area contributed by atoms with Crippen LogP contribution in [0.1, 0.15) is 16.8 Å². The van der Waals surface area contributed by atoms with Crippen LogP contribution >= 0.6 is 0 Å². The average molecular weight is 243 g/mol. The van der Waals surface area contributed by atoms with Gasteiger partial charge in [-0.1, -0.05) is 0 Å². The number of nitrogen functional groups attached to an aromatic ring is 1. The first-order chi connectivity index (χ1) is 8.74. The summed E-state index contributed by atoms with van der Waals surface area (Å²) < 4.78 is 5.35. The third-order valence-electron chi connectivity index (χ3n) is 2.84. The third kappa shape index (κ3) is 1.91. The Labute approximate surface area is 104 Å². The van der Waals surface area contributed by atoms with E-state index in [4.69, 9.17) is 10.5 Å². The van der Waals surface area contributed by atoms with Crippen molar-refractivity contribution in [3.63, 3.8) is 0 Å². The van der Waals surface area contributed by atoms with E-state index in [1.165, 1.54) is 0 Å². The molecule has 1 aliphatic rings. The molecule has 0 spiro atoms. The Morgan fingerprint density at radius 2 is 1.94 bits per heavy atom. The normalized spacial score (nSPS) is 14.3. The Kier molecular flexibility index (Phi) is 2.64. The molecule has 92 valence electrons. The molecule has 6 nitrogen and oxygen atoms in total. The minimum atomic E-state index is 0.457. The largest absolute Gasteiger partial charge is 0.383 e. The van der Waals surface area contributed by atoms with Gasteiger partial charge >= 0.3 is 0 Å². The maximum atomic E-state index is 5.92. The summed E-state index contributed by atoms with van der Waals surface area (Å²) >= 11 is 0. The molecule has 2 aromatic rings. The summed E-state index contributed by atoms with van der Waals surface area (Å²) in [6.45, 7) is 3.08. The molecular weight excluding hydrogens is 230 g/mol. The standard InChI is InChI=1S/C12H13N5O/c1-7-4-14-11(15-5-7)12-16-9-2-3-18-6-8(9)10(13)17-12/h4-5H,2-3,6H2,1H3,(H2,13,16,17). The maximum Gasteiger partial charge on any atom is 0.199 e. The van der Waals surface area contributed by atoms with Crippen molar-refractivity contribution in [2.24, 2.45) is 0 Å². The Morgan fingerprint density at radius 1 is 1.17 bits per heavy atom. The summed E-state index contributed by atoms with van der Waals surface area (Å²) in [7, 11) is 0. The highest BCUT2D eigenvalue weighted by molar-refractivity contribution is 5.52. The zero-order chi connectivity index (χ0) is 12.5. The zero-order valence-corrected chi connectivity index (χ0v) is 10.1. The molecule has 0 unspecified atom stereocenters. The van der Waals surface area contributed by atoms with Crippen LogP contribution < -0.4 is 5.73 Å². The Morgan fingerprint density at radius 3 is 2.72 bits per heavy atom. The summed E-state index contributed by atoms with van der Waals surface area (Å²) in [4.78, 5) is 17.2. The third-order valence-corrected chi connectivity index (χ3v) is 2.84. The van der Waals surface area contributed by atoms with E-state index in [-0.39, 0.29) is 0 Å². The molecule has 0 radical (unpaired) electrons. The Bertz CT molecular complexity index is 582. The molecule has 0 amide bonds. The number of aromatic nitrogens is 4. The number of anilines is 1. The number of hydrogen-bond acceptors (Lipinski definition) is 6. The molecule has 0 atom stereocenters. The van der Waals surface area contributed by atoms with Gasteiger partial charge in [0.25, 0.3) is 0 Å². The molecule has 0 saturated heterocycles. The van der Waals surface area contributed by atoms with Crippen LogP contribution in [0.3, 0.4) is 0 Å². The highest BCUT2D eigenvalue weighted by Crippen LogP contribution is 2.22. The van der Waals surface area contributed by atoms with E-state index >= 15 is 0 Å². The monoisotopic (exact) mass is 243 g/mol. The van der Waals surface area contributed by atoms with Gasteiger partial charge in [-0.15, -0.1) is 0 Å². The van der Waals surface area contributed by atoms with Gasteiger partial charge in [-0.05, 0) is 12.5 Å². The van der Waals surface area contributed by atoms with Crippen LogP contribution in [0.5, 0.6) is 0 Å². The van der Waals surface area contributed by atoms with Crippen molar-refractivity contribution in [1.82, 2.24) is 19.9 Å². The van der Waals surface area contributed by atoms with E-state index in [2.05, 4.69) is 19.9 Å². The number of nitrogens with zero attached hydrogens (tertiary/aromatic N) is 4. The summed E-state index contributed by atoms with van der Waals surface area (Å²) in [5, 5.41) is 0. The highest BCUT2D eigenvalue weighted by Gasteiger charge is 2.18. The summed E-state index contributed by atoms with van der Waals surface area (Å²) in [6, 6.07) is 0. The number of ether oxygens (including phenoxy) is 1. The van der Waals surface area contributed by atoms with E-state index in [9.17, 15) is 0 Å². The van der Waals surface area contributed by atoms with E-state index in [1.807, 2.05) is 6.92 Å². The molecule has 1 aliphatic heterocycles. The van der Waals surface area contributed by atoms with E-state index in [1.54, 1.807) is 12.4 Å². The molecule has 0 aliphatic carbocycles. The SMILES string of the molecule is Cc1cnc(-c2nc(N)c3c(n2)CCOC3)nc1. The van der Waals surface area contributed by atoms with Gasteiger partial charge in [0.1, 0.15) is 5.82 Å². The van der Waals surface area contributed by atoms with Gasteiger partial charge in [0.2, 0.25) is 0 Å². The summed E-state index contributed by atoms with van der Waals surface area (Å²) in [5.74, 6) is 1.44. The van der Waals surface area contributed by atoms with Crippen LogP contribution in [0.25, 0.3) is 11.6 Å².